The van der Waals surface area contributed by atoms with Crippen molar-refractivity contribution in [2.24, 2.45) is 0 Å². The summed E-state index contributed by atoms with van der Waals surface area (Å²) in [5.41, 5.74) is 1.57. The van der Waals surface area contributed by atoms with E-state index in [1.807, 2.05) is 36.1 Å². The average molecular weight is 325 g/mol. The molecule has 1 aliphatic heterocycles. The molecule has 0 aliphatic carbocycles. The minimum Gasteiger partial charge on any atom is -0.451 e. The van der Waals surface area contributed by atoms with E-state index >= 15 is 0 Å². The molecule has 1 aromatic carbocycles. The van der Waals surface area contributed by atoms with Gasteiger partial charge in [-0.3, -0.25) is 4.79 Å². The molecule has 1 fully saturated rings. The van der Waals surface area contributed by atoms with Crippen LogP contribution in [0, 0.1) is 0 Å². The lowest BCUT2D eigenvalue weighted by atomic mass is 10.1. The Balaban J connectivity index is 0.00000176. The molecule has 0 radical (unpaired) electrons. The first-order valence-electron chi connectivity index (χ1n) is 7.23. The third-order valence-corrected chi connectivity index (χ3v) is 3.94. The van der Waals surface area contributed by atoms with Crippen LogP contribution in [-0.4, -0.2) is 43.6 Å². The number of nitrogens with zero attached hydrogens (tertiary/aromatic N) is 1. The van der Waals surface area contributed by atoms with Gasteiger partial charge in [0.1, 0.15) is 5.58 Å². The predicted molar refractivity (Wildman–Crippen MR) is 87.5 cm³/mol. The highest BCUT2D eigenvalue weighted by atomic mass is 35.5. The molecule has 1 N–H and O–H groups in total. The van der Waals surface area contributed by atoms with Crippen molar-refractivity contribution in [3.05, 3.63) is 35.6 Å². The summed E-state index contributed by atoms with van der Waals surface area (Å²) in [6.45, 7) is 4.74. The number of amides is 1. The molecule has 3 rings (SSSR count). The van der Waals surface area contributed by atoms with Gasteiger partial charge in [-0.1, -0.05) is 18.2 Å². The van der Waals surface area contributed by atoms with Crippen LogP contribution in [0.2, 0.25) is 0 Å². The minimum atomic E-state index is -0.0488. The number of rotatable bonds is 3. The van der Waals surface area contributed by atoms with E-state index in [9.17, 15) is 4.79 Å². The smallest absolute Gasteiger partial charge is 0.290 e. The van der Waals surface area contributed by atoms with Crippen LogP contribution in [0.25, 0.3) is 11.0 Å². The van der Waals surface area contributed by atoms with Gasteiger partial charge in [0, 0.05) is 43.7 Å². The molecule has 1 amide bonds. The molecule has 2 aromatic rings. The van der Waals surface area contributed by atoms with Gasteiger partial charge in [0.05, 0.1) is 6.61 Å². The van der Waals surface area contributed by atoms with Crippen molar-refractivity contribution in [1.82, 2.24) is 10.2 Å². The molecule has 22 heavy (non-hydrogen) atoms. The molecular formula is C16H21ClN2O3. The third-order valence-electron chi connectivity index (χ3n) is 3.94. The van der Waals surface area contributed by atoms with E-state index in [1.165, 1.54) is 0 Å². The largest absolute Gasteiger partial charge is 0.451 e. The van der Waals surface area contributed by atoms with E-state index in [0.29, 0.717) is 18.9 Å². The normalized spacial score (nSPS) is 18.3. The van der Waals surface area contributed by atoms with Gasteiger partial charge in [-0.05, 0) is 13.0 Å². The predicted octanol–water partition coefficient (Wildman–Crippen LogP) is 2.43. The van der Waals surface area contributed by atoms with Crippen LogP contribution in [0.1, 0.15) is 23.0 Å². The lowest BCUT2D eigenvalue weighted by Gasteiger charge is -2.33. The Hall–Kier alpha value is -1.56. The van der Waals surface area contributed by atoms with Crippen LogP contribution in [0.4, 0.5) is 0 Å². The Morgan fingerprint density at radius 3 is 2.95 bits per heavy atom. The molecule has 120 valence electrons. The van der Waals surface area contributed by atoms with Gasteiger partial charge in [-0.25, -0.2) is 0 Å². The van der Waals surface area contributed by atoms with Crippen LogP contribution in [-0.2, 0) is 11.3 Å². The first kappa shape index (κ1) is 16.8. The molecule has 1 saturated heterocycles. The number of hydrogen-bond donors (Lipinski definition) is 1. The maximum absolute atomic E-state index is 12.8. The SMILES string of the molecule is COCc1c(C(=O)N2CCNC[C@@H]2C)oc2ccccc12.Cl. The fraction of sp³-hybridized carbons (Fsp3) is 0.438. The van der Waals surface area contributed by atoms with Gasteiger partial charge >= 0.3 is 0 Å². The zero-order chi connectivity index (χ0) is 14.8. The van der Waals surface area contributed by atoms with Crippen LogP contribution in [0.5, 0.6) is 0 Å². The van der Waals surface area contributed by atoms with Gasteiger partial charge in [-0.2, -0.15) is 0 Å². The second kappa shape index (κ2) is 7.13. The number of carbonyl (C=O) groups excluding carboxylic acids is 1. The molecule has 0 unspecified atom stereocenters. The summed E-state index contributed by atoms with van der Waals surface area (Å²) in [5.74, 6) is 0.360. The maximum Gasteiger partial charge on any atom is 0.290 e. The fourth-order valence-corrected chi connectivity index (χ4v) is 2.83. The van der Waals surface area contributed by atoms with E-state index in [0.717, 1.165) is 29.6 Å². The highest BCUT2D eigenvalue weighted by molar-refractivity contribution is 5.99. The fourth-order valence-electron chi connectivity index (χ4n) is 2.83. The summed E-state index contributed by atoms with van der Waals surface area (Å²) in [4.78, 5) is 14.7. The zero-order valence-corrected chi connectivity index (χ0v) is 13.6. The van der Waals surface area contributed by atoms with E-state index in [2.05, 4.69) is 5.32 Å². The third kappa shape index (κ3) is 2.97. The van der Waals surface area contributed by atoms with Gasteiger partial charge in [0.15, 0.2) is 5.76 Å². The highest BCUT2D eigenvalue weighted by Gasteiger charge is 2.29. The van der Waals surface area contributed by atoms with Crippen LogP contribution in [0.15, 0.2) is 28.7 Å². The number of fused-ring (bicyclic) bond motifs is 1. The van der Waals surface area contributed by atoms with Crippen molar-refractivity contribution in [2.45, 2.75) is 19.6 Å². The molecule has 0 saturated carbocycles. The Kier molecular flexibility index (Phi) is 5.45. The molecule has 1 aromatic heterocycles. The number of para-hydroxylation sites is 1. The number of benzene rings is 1. The number of ether oxygens (including phenoxy) is 1. The summed E-state index contributed by atoms with van der Waals surface area (Å²) in [5, 5.41) is 4.24. The van der Waals surface area contributed by atoms with Crippen LogP contribution in [0.3, 0.4) is 0 Å². The maximum atomic E-state index is 12.8. The first-order chi connectivity index (χ1) is 10.2. The van der Waals surface area contributed by atoms with E-state index < -0.39 is 0 Å². The van der Waals surface area contributed by atoms with Gasteiger partial charge in [0.2, 0.25) is 0 Å². The molecule has 2 heterocycles. The van der Waals surface area contributed by atoms with Crippen molar-refractivity contribution in [1.29, 1.82) is 0 Å². The monoisotopic (exact) mass is 324 g/mol. The second-order valence-corrected chi connectivity index (χ2v) is 5.39. The summed E-state index contributed by atoms with van der Waals surface area (Å²) >= 11 is 0. The summed E-state index contributed by atoms with van der Waals surface area (Å²) in [7, 11) is 1.63. The highest BCUT2D eigenvalue weighted by Crippen LogP contribution is 2.28. The molecule has 6 heteroatoms. The zero-order valence-electron chi connectivity index (χ0n) is 12.8. The number of furan rings is 1. The summed E-state index contributed by atoms with van der Waals surface area (Å²) in [6, 6.07) is 7.86. The van der Waals surface area contributed by atoms with Gasteiger partial charge in [0.25, 0.3) is 5.91 Å². The average Bonchev–Trinajstić information content (AvgIpc) is 2.87. The molecule has 5 nitrogen and oxygen atoms in total. The van der Waals surface area contributed by atoms with E-state index in [4.69, 9.17) is 9.15 Å². The summed E-state index contributed by atoms with van der Waals surface area (Å²) in [6.07, 6.45) is 0. The summed E-state index contributed by atoms with van der Waals surface area (Å²) < 4.78 is 11.1. The van der Waals surface area contributed by atoms with Crippen molar-refractivity contribution in [3.8, 4) is 0 Å². The Bertz CT molecular complexity index is 656. The van der Waals surface area contributed by atoms with E-state index in [1.54, 1.807) is 7.11 Å². The number of piperazine rings is 1. The first-order valence-corrected chi connectivity index (χ1v) is 7.23. The lowest BCUT2D eigenvalue weighted by Crippen LogP contribution is -2.52. The Morgan fingerprint density at radius 2 is 2.23 bits per heavy atom. The van der Waals surface area contributed by atoms with Crippen molar-refractivity contribution in [3.63, 3.8) is 0 Å². The lowest BCUT2D eigenvalue weighted by molar-refractivity contribution is 0.0619. The van der Waals surface area contributed by atoms with Crippen molar-refractivity contribution < 1.29 is 13.9 Å². The Labute approximate surface area is 136 Å². The van der Waals surface area contributed by atoms with Crippen molar-refractivity contribution in [2.75, 3.05) is 26.7 Å². The van der Waals surface area contributed by atoms with Crippen LogP contribution < -0.4 is 5.32 Å². The van der Waals surface area contributed by atoms with Gasteiger partial charge < -0.3 is 19.4 Å². The van der Waals surface area contributed by atoms with Crippen LogP contribution >= 0.6 is 12.4 Å². The number of methoxy groups -OCH3 is 1. The number of carbonyl (C=O) groups is 1. The molecule has 1 aliphatic rings. The molecule has 0 spiro atoms. The minimum absolute atomic E-state index is 0. The molecular weight excluding hydrogens is 304 g/mol. The van der Waals surface area contributed by atoms with Gasteiger partial charge in [-0.15, -0.1) is 12.4 Å². The topological polar surface area (TPSA) is 54.7 Å². The van der Waals surface area contributed by atoms with E-state index in [-0.39, 0.29) is 24.4 Å². The number of nitrogens with one attached hydrogen (secondary N) is 1. The number of hydrogen-bond acceptors (Lipinski definition) is 4. The Morgan fingerprint density at radius 1 is 1.45 bits per heavy atom. The number of halogens is 1. The molecule has 1 atom stereocenters. The molecule has 0 bridgehead atoms. The quantitative estimate of drug-likeness (QED) is 0.942. The second-order valence-electron chi connectivity index (χ2n) is 5.39. The standard InChI is InChI=1S/C16H20N2O3.ClH/c1-11-9-17-7-8-18(11)16(19)15-13(10-20-2)12-5-3-4-6-14(12)21-15;/h3-6,11,17H,7-10H2,1-2H3;1H/t11-;/m0./s1. The van der Waals surface area contributed by atoms with Crippen molar-refractivity contribution >= 4 is 29.3 Å².